The average Bonchev–Trinajstić information content (AvgIpc) is 2.58. The van der Waals surface area contributed by atoms with Crippen LogP contribution < -0.4 is 0 Å². The van der Waals surface area contributed by atoms with Gasteiger partial charge in [-0.1, -0.05) is 60.7 Å². The molecule has 1 saturated heterocycles. The monoisotopic (exact) mass is 309 g/mol. The van der Waals surface area contributed by atoms with Gasteiger partial charge in [-0.25, -0.2) is 0 Å². The van der Waals surface area contributed by atoms with E-state index in [0.29, 0.717) is 5.92 Å². The second-order valence-corrected chi connectivity index (χ2v) is 6.32. The smallest absolute Gasteiger partial charge is 0.325 e. The maximum absolute atomic E-state index is 11.7. The van der Waals surface area contributed by atoms with Crippen molar-refractivity contribution < 1.29 is 9.90 Å². The molecule has 120 valence electrons. The van der Waals surface area contributed by atoms with E-state index in [0.717, 1.165) is 37.9 Å². The zero-order valence-corrected chi connectivity index (χ0v) is 13.3. The van der Waals surface area contributed by atoms with Crippen LogP contribution in [0.4, 0.5) is 0 Å². The molecule has 1 N–H and O–H groups in total. The van der Waals surface area contributed by atoms with Crippen LogP contribution in [0.15, 0.2) is 60.7 Å². The third-order valence-corrected chi connectivity index (χ3v) is 4.73. The third-order valence-electron chi connectivity index (χ3n) is 4.73. The highest BCUT2D eigenvalue weighted by Crippen LogP contribution is 2.28. The molecule has 0 aromatic heterocycles. The predicted octanol–water partition coefficient (Wildman–Crippen LogP) is 3.77. The number of benzene rings is 2. The van der Waals surface area contributed by atoms with Crippen molar-refractivity contribution in [3.8, 4) is 0 Å². The van der Waals surface area contributed by atoms with Crippen LogP contribution in [-0.4, -0.2) is 29.1 Å². The molecule has 1 fully saturated rings. The van der Waals surface area contributed by atoms with Gasteiger partial charge in [0.05, 0.1) is 0 Å². The van der Waals surface area contributed by atoms with Crippen LogP contribution in [-0.2, 0) is 11.2 Å². The fourth-order valence-electron chi connectivity index (χ4n) is 3.51. The first-order valence-corrected chi connectivity index (χ1v) is 8.30. The molecule has 3 heteroatoms. The van der Waals surface area contributed by atoms with Gasteiger partial charge in [0.1, 0.15) is 6.04 Å². The summed E-state index contributed by atoms with van der Waals surface area (Å²) in [6.07, 6.45) is 3.22. The second-order valence-electron chi connectivity index (χ2n) is 6.32. The zero-order valence-electron chi connectivity index (χ0n) is 13.3. The number of carboxylic acids is 1. The SMILES string of the molecule is O=C(O)[C@@H](c1ccccc1)N1CCC(Cc2ccccc2)CC1. The Bertz CT molecular complexity index is 619. The Morgan fingerprint density at radius 3 is 2.13 bits per heavy atom. The van der Waals surface area contributed by atoms with Crippen LogP contribution in [0, 0.1) is 5.92 Å². The average molecular weight is 309 g/mol. The number of hydrogen-bond acceptors (Lipinski definition) is 2. The molecular weight excluding hydrogens is 286 g/mol. The van der Waals surface area contributed by atoms with Crippen LogP contribution in [0.5, 0.6) is 0 Å². The quantitative estimate of drug-likeness (QED) is 0.914. The Balaban J connectivity index is 1.62. The van der Waals surface area contributed by atoms with Crippen molar-refractivity contribution in [3.63, 3.8) is 0 Å². The van der Waals surface area contributed by atoms with E-state index in [1.807, 2.05) is 36.4 Å². The first-order chi connectivity index (χ1) is 11.2. The summed E-state index contributed by atoms with van der Waals surface area (Å²) in [5, 5.41) is 9.64. The van der Waals surface area contributed by atoms with E-state index >= 15 is 0 Å². The molecule has 1 atom stereocenters. The highest BCUT2D eigenvalue weighted by atomic mass is 16.4. The molecule has 0 spiro atoms. The van der Waals surface area contributed by atoms with Gasteiger partial charge in [-0.3, -0.25) is 9.69 Å². The van der Waals surface area contributed by atoms with Gasteiger partial charge in [0.2, 0.25) is 0 Å². The highest BCUT2D eigenvalue weighted by Gasteiger charge is 2.30. The number of aliphatic carboxylic acids is 1. The Hall–Kier alpha value is -2.13. The molecule has 1 heterocycles. The van der Waals surface area contributed by atoms with Crippen LogP contribution in [0.25, 0.3) is 0 Å². The largest absolute Gasteiger partial charge is 0.480 e. The molecule has 3 nitrogen and oxygen atoms in total. The fraction of sp³-hybridized carbons (Fsp3) is 0.350. The molecule has 0 unspecified atom stereocenters. The van der Waals surface area contributed by atoms with E-state index in [1.165, 1.54) is 5.56 Å². The van der Waals surface area contributed by atoms with Crippen molar-refractivity contribution >= 4 is 5.97 Å². The van der Waals surface area contributed by atoms with Crippen molar-refractivity contribution in [1.82, 2.24) is 4.90 Å². The molecule has 0 amide bonds. The van der Waals surface area contributed by atoms with E-state index in [1.54, 1.807) is 0 Å². The van der Waals surface area contributed by atoms with Crippen molar-refractivity contribution in [2.45, 2.75) is 25.3 Å². The molecule has 2 aromatic carbocycles. The van der Waals surface area contributed by atoms with Crippen molar-refractivity contribution in [1.29, 1.82) is 0 Å². The number of carboxylic acid groups (broad SMARTS) is 1. The van der Waals surface area contributed by atoms with E-state index in [4.69, 9.17) is 0 Å². The topological polar surface area (TPSA) is 40.5 Å². The van der Waals surface area contributed by atoms with Gasteiger partial charge in [-0.15, -0.1) is 0 Å². The normalized spacial score (nSPS) is 17.7. The number of nitrogens with zero attached hydrogens (tertiary/aromatic N) is 1. The Morgan fingerprint density at radius 1 is 1.00 bits per heavy atom. The van der Waals surface area contributed by atoms with Crippen LogP contribution in [0.3, 0.4) is 0 Å². The molecule has 23 heavy (non-hydrogen) atoms. The summed E-state index contributed by atoms with van der Waals surface area (Å²) < 4.78 is 0. The van der Waals surface area contributed by atoms with E-state index in [-0.39, 0.29) is 0 Å². The lowest BCUT2D eigenvalue weighted by Gasteiger charge is -2.36. The summed E-state index contributed by atoms with van der Waals surface area (Å²) in [6, 6.07) is 19.6. The summed E-state index contributed by atoms with van der Waals surface area (Å²) in [5.74, 6) is -0.100. The minimum absolute atomic E-state index is 0.520. The van der Waals surface area contributed by atoms with E-state index < -0.39 is 12.0 Å². The zero-order chi connectivity index (χ0) is 16.1. The molecule has 0 bridgehead atoms. The van der Waals surface area contributed by atoms with Crippen LogP contribution in [0.1, 0.15) is 30.0 Å². The second kappa shape index (κ2) is 7.42. The minimum atomic E-state index is -0.752. The highest BCUT2D eigenvalue weighted by molar-refractivity contribution is 5.75. The molecule has 2 aromatic rings. The van der Waals surface area contributed by atoms with Crippen molar-refractivity contribution in [3.05, 3.63) is 71.8 Å². The summed E-state index contributed by atoms with van der Waals surface area (Å²) in [5.41, 5.74) is 2.25. The first-order valence-electron chi connectivity index (χ1n) is 8.30. The van der Waals surface area contributed by atoms with Gasteiger partial charge < -0.3 is 5.11 Å². The van der Waals surface area contributed by atoms with Crippen molar-refractivity contribution in [2.75, 3.05) is 13.1 Å². The Labute approximate surface area is 137 Å². The van der Waals surface area contributed by atoms with Gasteiger partial charge in [0.15, 0.2) is 0 Å². The summed E-state index contributed by atoms with van der Waals surface area (Å²) in [6.45, 7) is 1.70. The lowest BCUT2D eigenvalue weighted by atomic mass is 9.89. The molecule has 0 aliphatic carbocycles. The third kappa shape index (κ3) is 3.99. The summed E-state index contributed by atoms with van der Waals surface area (Å²) in [4.78, 5) is 13.8. The van der Waals surface area contributed by atoms with E-state index in [2.05, 4.69) is 29.2 Å². The van der Waals surface area contributed by atoms with Gasteiger partial charge in [-0.2, -0.15) is 0 Å². The first kappa shape index (κ1) is 15.8. The molecule has 3 rings (SSSR count). The lowest BCUT2D eigenvalue weighted by molar-refractivity contribution is -0.144. The maximum Gasteiger partial charge on any atom is 0.325 e. The maximum atomic E-state index is 11.7. The Morgan fingerprint density at radius 2 is 1.57 bits per heavy atom. The van der Waals surface area contributed by atoms with Gasteiger partial charge in [0.25, 0.3) is 0 Å². The van der Waals surface area contributed by atoms with Crippen LogP contribution in [0.2, 0.25) is 0 Å². The lowest BCUT2D eigenvalue weighted by Crippen LogP contribution is -2.40. The minimum Gasteiger partial charge on any atom is -0.480 e. The van der Waals surface area contributed by atoms with Gasteiger partial charge in [0, 0.05) is 0 Å². The number of hydrogen-bond donors (Lipinski definition) is 1. The van der Waals surface area contributed by atoms with Gasteiger partial charge >= 0.3 is 5.97 Å². The summed E-state index contributed by atoms with van der Waals surface area (Å²) >= 11 is 0. The molecule has 0 saturated carbocycles. The predicted molar refractivity (Wildman–Crippen MR) is 91.3 cm³/mol. The Kier molecular flexibility index (Phi) is 5.09. The number of carbonyl (C=O) groups is 1. The van der Waals surface area contributed by atoms with Crippen LogP contribution >= 0.6 is 0 Å². The van der Waals surface area contributed by atoms with Gasteiger partial charge in [-0.05, 0) is 49.4 Å². The van der Waals surface area contributed by atoms with Crippen molar-refractivity contribution in [2.24, 2.45) is 5.92 Å². The molecular formula is C20H23NO2. The molecule has 1 aliphatic heterocycles. The number of rotatable bonds is 5. The van der Waals surface area contributed by atoms with E-state index in [9.17, 15) is 9.90 Å². The summed E-state index contributed by atoms with van der Waals surface area (Å²) in [7, 11) is 0. The number of likely N-dealkylation sites (tertiary alicyclic amines) is 1. The fourth-order valence-corrected chi connectivity index (χ4v) is 3.51. The molecule has 0 radical (unpaired) electrons. The standard InChI is InChI=1S/C20H23NO2/c22-20(23)19(18-9-5-2-6-10-18)21-13-11-17(12-14-21)15-16-7-3-1-4-8-16/h1-10,17,19H,11-15H2,(H,22,23)/t19-/m1/s1. The number of piperidine rings is 1. The molecule has 1 aliphatic rings.